The van der Waals surface area contributed by atoms with Crippen molar-refractivity contribution >= 4 is 28.6 Å². The molecule has 0 saturated heterocycles. The Morgan fingerprint density at radius 1 is 1.38 bits per heavy atom. The number of benzene rings is 1. The van der Waals surface area contributed by atoms with Crippen molar-refractivity contribution in [1.82, 2.24) is 10.2 Å². The maximum absolute atomic E-state index is 11.8. The van der Waals surface area contributed by atoms with Crippen molar-refractivity contribution in [1.29, 1.82) is 0 Å². The van der Waals surface area contributed by atoms with Crippen LogP contribution in [0, 0.1) is 3.57 Å². The van der Waals surface area contributed by atoms with Crippen LogP contribution in [0.4, 0.5) is 0 Å². The van der Waals surface area contributed by atoms with E-state index in [9.17, 15) is 4.79 Å². The summed E-state index contributed by atoms with van der Waals surface area (Å²) >= 11 is 2.11. The lowest BCUT2D eigenvalue weighted by Crippen LogP contribution is -2.06. The minimum atomic E-state index is -0.380. The van der Waals surface area contributed by atoms with Gasteiger partial charge in [0.1, 0.15) is 11.4 Å². The number of halogens is 1. The van der Waals surface area contributed by atoms with Crippen LogP contribution < -0.4 is 4.74 Å². The Balaban J connectivity index is 1.81. The third kappa shape index (κ3) is 3.20. The molecule has 0 amide bonds. The summed E-state index contributed by atoms with van der Waals surface area (Å²) in [6.07, 6.45) is 2.67. The molecule has 1 aliphatic rings. The predicted octanol–water partition coefficient (Wildman–Crippen LogP) is 3.40. The second-order valence-electron chi connectivity index (χ2n) is 4.82. The summed E-state index contributed by atoms with van der Waals surface area (Å²) in [7, 11) is 0. The van der Waals surface area contributed by atoms with Crippen LogP contribution in [-0.2, 0) is 4.74 Å². The number of esters is 1. The molecule has 0 radical (unpaired) electrons. The maximum Gasteiger partial charge on any atom is 0.357 e. The number of hydrogen-bond donors (Lipinski definition) is 1. The number of H-pyrrole nitrogens is 1. The van der Waals surface area contributed by atoms with Crippen molar-refractivity contribution in [3.8, 4) is 17.0 Å². The first kappa shape index (κ1) is 14.4. The van der Waals surface area contributed by atoms with Gasteiger partial charge < -0.3 is 9.47 Å². The summed E-state index contributed by atoms with van der Waals surface area (Å²) in [6.45, 7) is 2.12. The number of aromatic amines is 1. The summed E-state index contributed by atoms with van der Waals surface area (Å²) in [5.41, 5.74) is 2.08. The number of nitrogens with one attached hydrogen (secondary N) is 1. The molecule has 0 spiro atoms. The number of nitrogens with zero attached hydrogens (tertiary/aromatic N) is 1. The molecule has 2 aromatic rings. The highest BCUT2D eigenvalue weighted by molar-refractivity contribution is 14.1. The van der Waals surface area contributed by atoms with E-state index in [1.54, 1.807) is 6.92 Å². The highest BCUT2D eigenvalue weighted by Gasteiger charge is 2.23. The van der Waals surface area contributed by atoms with E-state index in [1.807, 2.05) is 24.3 Å². The van der Waals surface area contributed by atoms with Crippen LogP contribution in [0.5, 0.6) is 5.75 Å². The van der Waals surface area contributed by atoms with Crippen LogP contribution in [0.1, 0.15) is 30.3 Å². The van der Waals surface area contributed by atoms with E-state index in [0.717, 1.165) is 33.4 Å². The molecule has 0 unspecified atom stereocenters. The van der Waals surface area contributed by atoms with Crippen molar-refractivity contribution in [3.63, 3.8) is 0 Å². The van der Waals surface area contributed by atoms with Gasteiger partial charge in [0.2, 0.25) is 0 Å². The Labute approximate surface area is 136 Å². The molecule has 6 heteroatoms. The molecule has 1 aromatic heterocycles. The summed E-state index contributed by atoms with van der Waals surface area (Å²) in [4.78, 5) is 11.8. The first-order valence-corrected chi connectivity index (χ1v) is 7.95. The van der Waals surface area contributed by atoms with Gasteiger partial charge in [-0.25, -0.2) is 4.79 Å². The number of rotatable bonds is 5. The Bertz CT molecular complexity index is 647. The first-order chi connectivity index (χ1) is 10.2. The van der Waals surface area contributed by atoms with Crippen molar-refractivity contribution in [2.24, 2.45) is 0 Å². The van der Waals surface area contributed by atoms with Crippen molar-refractivity contribution < 1.29 is 14.3 Å². The monoisotopic (exact) mass is 398 g/mol. The van der Waals surface area contributed by atoms with Gasteiger partial charge in [-0.2, -0.15) is 5.10 Å². The van der Waals surface area contributed by atoms with E-state index >= 15 is 0 Å². The summed E-state index contributed by atoms with van der Waals surface area (Å²) in [5, 5.41) is 6.97. The van der Waals surface area contributed by atoms with Crippen LogP contribution in [0.2, 0.25) is 0 Å². The minimum absolute atomic E-state index is 0.344. The Morgan fingerprint density at radius 3 is 2.71 bits per heavy atom. The highest BCUT2D eigenvalue weighted by Crippen LogP contribution is 2.30. The van der Waals surface area contributed by atoms with Crippen LogP contribution in [-0.4, -0.2) is 28.9 Å². The van der Waals surface area contributed by atoms with Crippen LogP contribution >= 0.6 is 22.6 Å². The molecule has 1 aromatic carbocycles. The Kier molecular flexibility index (Phi) is 4.14. The molecule has 21 heavy (non-hydrogen) atoms. The lowest BCUT2D eigenvalue weighted by atomic mass is 10.1. The van der Waals surface area contributed by atoms with Gasteiger partial charge in [-0.1, -0.05) is 0 Å². The van der Waals surface area contributed by atoms with E-state index in [1.165, 1.54) is 0 Å². The molecule has 3 rings (SSSR count). The highest BCUT2D eigenvalue weighted by atomic mass is 127. The lowest BCUT2D eigenvalue weighted by molar-refractivity contribution is 0.0518. The molecule has 1 aliphatic carbocycles. The van der Waals surface area contributed by atoms with Crippen molar-refractivity contribution in [2.45, 2.75) is 25.9 Å². The predicted molar refractivity (Wildman–Crippen MR) is 86.3 cm³/mol. The topological polar surface area (TPSA) is 64.2 Å². The standard InChI is InChI=1S/C15H15IN2O3/c1-2-20-15(19)14-12(16)13(17-18-14)9-3-5-10(6-4-9)21-11-7-8-11/h3-6,11H,2,7-8H2,1H3,(H,17,18). The van der Waals surface area contributed by atoms with Gasteiger partial charge in [-0.3, -0.25) is 5.10 Å². The van der Waals surface area contributed by atoms with Gasteiger partial charge in [0.15, 0.2) is 5.69 Å². The molecule has 0 atom stereocenters. The van der Waals surface area contributed by atoms with Gasteiger partial charge >= 0.3 is 5.97 Å². The van der Waals surface area contributed by atoms with Gasteiger partial charge in [-0.15, -0.1) is 0 Å². The van der Waals surface area contributed by atoms with E-state index in [0.29, 0.717) is 18.4 Å². The van der Waals surface area contributed by atoms with Gasteiger partial charge in [0, 0.05) is 5.56 Å². The molecule has 0 bridgehead atoms. The zero-order valence-corrected chi connectivity index (χ0v) is 13.7. The fourth-order valence-corrected chi connectivity index (χ4v) is 2.70. The Hall–Kier alpha value is -1.57. The molecule has 0 aliphatic heterocycles. The fourth-order valence-electron chi connectivity index (χ4n) is 1.93. The van der Waals surface area contributed by atoms with E-state index in [2.05, 4.69) is 32.8 Å². The SMILES string of the molecule is CCOC(=O)c1[nH]nc(-c2ccc(OC3CC3)cc2)c1I. The molecule has 110 valence electrons. The van der Waals surface area contributed by atoms with Gasteiger partial charge in [-0.05, 0) is 66.6 Å². The van der Waals surface area contributed by atoms with Gasteiger partial charge in [0.25, 0.3) is 0 Å². The van der Waals surface area contributed by atoms with E-state index < -0.39 is 0 Å². The zero-order valence-electron chi connectivity index (χ0n) is 11.6. The number of aromatic nitrogens is 2. The second-order valence-corrected chi connectivity index (χ2v) is 5.90. The molecule has 1 heterocycles. The largest absolute Gasteiger partial charge is 0.490 e. The molecule has 5 nitrogen and oxygen atoms in total. The van der Waals surface area contributed by atoms with Crippen molar-refractivity contribution in [3.05, 3.63) is 33.5 Å². The molecular weight excluding hydrogens is 383 g/mol. The number of carbonyl (C=O) groups is 1. The summed E-state index contributed by atoms with van der Waals surface area (Å²) in [5.74, 6) is 0.492. The summed E-state index contributed by atoms with van der Waals surface area (Å²) in [6, 6.07) is 7.76. The maximum atomic E-state index is 11.8. The normalized spacial score (nSPS) is 14.0. The molecule has 1 N–H and O–H groups in total. The zero-order chi connectivity index (χ0) is 14.8. The van der Waals surface area contributed by atoms with Crippen LogP contribution in [0.15, 0.2) is 24.3 Å². The Morgan fingerprint density at radius 2 is 2.10 bits per heavy atom. The molecule has 1 fully saturated rings. The summed E-state index contributed by atoms with van der Waals surface area (Å²) < 4.78 is 11.5. The first-order valence-electron chi connectivity index (χ1n) is 6.87. The van der Waals surface area contributed by atoms with E-state index in [4.69, 9.17) is 9.47 Å². The molecule has 1 saturated carbocycles. The van der Waals surface area contributed by atoms with Crippen molar-refractivity contribution in [2.75, 3.05) is 6.61 Å². The second kappa shape index (κ2) is 6.05. The average molecular weight is 398 g/mol. The third-order valence-electron chi connectivity index (χ3n) is 3.14. The van der Waals surface area contributed by atoms with Crippen LogP contribution in [0.25, 0.3) is 11.3 Å². The fraction of sp³-hybridized carbons (Fsp3) is 0.333. The minimum Gasteiger partial charge on any atom is -0.490 e. The number of carbonyl (C=O) groups excluding carboxylic acids is 1. The van der Waals surface area contributed by atoms with E-state index in [-0.39, 0.29) is 5.97 Å². The quantitative estimate of drug-likeness (QED) is 0.620. The smallest absolute Gasteiger partial charge is 0.357 e. The lowest BCUT2D eigenvalue weighted by Gasteiger charge is -2.05. The van der Waals surface area contributed by atoms with Gasteiger partial charge in [0.05, 0.1) is 16.3 Å². The van der Waals surface area contributed by atoms with Crippen LogP contribution in [0.3, 0.4) is 0 Å². The number of hydrogen-bond acceptors (Lipinski definition) is 4. The third-order valence-corrected chi connectivity index (χ3v) is 4.19. The molecular formula is C15H15IN2O3. The number of ether oxygens (including phenoxy) is 2. The average Bonchev–Trinajstić information content (AvgIpc) is 3.21.